The van der Waals surface area contributed by atoms with Crippen molar-refractivity contribution in [2.24, 2.45) is 0 Å². The second-order valence-corrected chi connectivity index (χ2v) is 46.1. The van der Waals surface area contributed by atoms with Crippen LogP contribution in [0.1, 0.15) is 111 Å². The fraction of sp³-hybridized carbons (Fsp3) is 0.581. The molecule has 684 valence electrons. The number of aromatic nitrogens is 16. The number of imidazole rings is 2. The summed E-state index contributed by atoms with van der Waals surface area (Å²) in [6.45, 7) is -23.1. The highest BCUT2D eigenvalue weighted by molar-refractivity contribution is 8.08. The van der Waals surface area contributed by atoms with Gasteiger partial charge in [0.05, 0.1) is 88.4 Å². The summed E-state index contributed by atoms with van der Waals surface area (Å²) in [6, 6.07) is 0. The number of nitrogens with one attached hydrogen (secondary N) is 5. The van der Waals surface area contributed by atoms with Crippen LogP contribution in [0.2, 0.25) is 0 Å². The predicted octanol–water partition coefficient (Wildman–Crippen LogP) is 0.0348. The Morgan fingerprint density at radius 1 is 0.384 bits per heavy atom. The van der Waals surface area contributed by atoms with Crippen LogP contribution in [0.4, 0.5) is 11.8 Å². The highest BCUT2D eigenvalue weighted by Crippen LogP contribution is 2.57. The van der Waals surface area contributed by atoms with Gasteiger partial charge in [-0.1, -0.05) is 6.92 Å². The zero-order valence-electron chi connectivity index (χ0n) is 65.8. The monoisotopic (exact) mass is 1980 g/mol. The van der Waals surface area contributed by atoms with Crippen LogP contribution in [0.5, 0.6) is 0 Å². The molecule has 12 unspecified atom stereocenters. The van der Waals surface area contributed by atoms with Gasteiger partial charge in [0.15, 0.2) is 22.6 Å². The van der Waals surface area contributed by atoms with E-state index in [4.69, 9.17) is 165 Å². The van der Waals surface area contributed by atoms with Crippen LogP contribution in [0.3, 0.4) is 0 Å². The zero-order chi connectivity index (χ0) is 90.1. The van der Waals surface area contributed by atoms with Gasteiger partial charge in [0.25, 0.3) is 27.8 Å². The highest BCUT2D eigenvalue weighted by Gasteiger charge is 2.50. The van der Waals surface area contributed by atoms with Gasteiger partial charge in [-0.2, -0.15) is 4.98 Å². The minimum Gasteiger partial charge on any atom is -0.382 e. The predicted molar refractivity (Wildman–Crippen MR) is 453 cm³/mol. The first-order chi connectivity index (χ1) is 58.8. The van der Waals surface area contributed by atoms with Crippen LogP contribution in [-0.2, 0) is 154 Å². The molecule has 0 bridgehead atoms. The molecule has 0 radical (unpaired) electrons. The average molecular weight is 1990 g/mol. The van der Waals surface area contributed by atoms with Gasteiger partial charge in [-0.05, 0) is 105 Å². The molecule has 8 aromatic rings. The first-order valence-electron chi connectivity index (χ1n) is 37.5. The summed E-state index contributed by atoms with van der Waals surface area (Å²) in [5.41, 5.74) is 5.50. The lowest BCUT2D eigenvalue weighted by atomic mass is 10.1. The largest absolute Gasteiger partial charge is 0.382 e. The normalized spacial score (nSPS) is 29.4. The van der Waals surface area contributed by atoms with Crippen LogP contribution in [-0.4, -0.2) is 220 Å². The number of aromatic amines is 5. The Kier molecular flexibility index (Phi) is 29.1. The number of rotatable bonds is 35. The summed E-state index contributed by atoms with van der Waals surface area (Å²) >= 11 is 33.0. The molecule has 24 atom stereocenters. The molecule has 15 N–H and O–H groups in total. The number of nitrogen functional groups attached to an aromatic ring is 2. The second-order valence-electron chi connectivity index (χ2n) is 29.2. The Morgan fingerprint density at radius 2 is 0.656 bits per heavy atom. The first-order valence-corrected chi connectivity index (χ1v) is 53.1. The van der Waals surface area contributed by atoms with Crippen LogP contribution in [0.25, 0.3) is 22.3 Å². The fourth-order valence-electron chi connectivity index (χ4n) is 14.5. The molecule has 14 rings (SSSR count). The first kappa shape index (κ1) is 95.3. The number of fused-ring (bicyclic) bond motifs is 2. The van der Waals surface area contributed by atoms with Crippen molar-refractivity contribution in [2.75, 3.05) is 51.6 Å². The molecule has 51 nitrogen and oxygen atoms in total. The SMILES string of the molecule is CC[C@H]1O[C@@H](n2cnc3c(N)ncnc32)CC1OP(O)(=S)OC[C@H]1O[C@@H](n2cc(C)c(=O)[nH]c2=O)CC1OP(O)(=S)OC[C@H]1O[C@@H](n2cc(C)c(=O)[nH]c2=O)CC1OP(O)(=S)OC[C@H]1O[C@@H](n2cc(C)c(=O)[nH]c2=O)CC1OP(O)(=S)OC[C@H]1O[C@@H](n2cnc3c(=O)[nH]c(N)nc32)CC1OP(O)(=S)OC[C@H]1O[C@@H](n2cc(C)c(=O)[nH]c2=O)CC1OP(O)(=S)OC. The molecule has 0 aliphatic carbocycles. The fourth-order valence-corrected chi connectivity index (χ4v) is 22.9. The average Bonchev–Trinajstić information content (AvgIpc) is 1.64. The van der Waals surface area contributed by atoms with Crippen molar-refractivity contribution in [1.82, 2.24) is 77.2 Å². The number of hydrogen-bond acceptors (Lipinski definition) is 40. The van der Waals surface area contributed by atoms with Gasteiger partial charge in [0.2, 0.25) is 5.95 Å². The van der Waals surface area contributed by atoms with E-state index in [1.807, 2.05) is 6.92 Å². The summed E-state index contributed by atoms with van der Waals surface area (Å²) in [5, 5.41) is 0. The quantitative estimate of drug-likeness (QED) is 0.0233. The molecule has 0 aromatic carbocycles. The number of ether oxygens (including phenoxy) is 6. The Morgan fingerprint density at radius 3 is 0.960 bits per heavy atom. The molecule has 8 aromatic heterocycles. The van der Waals surface area contributed by atoms with E-state index in [1.54, 1.807) is 4.57 Å². The van der Waals surface area contributed by atoms with Crippen molar-refractivity contribution < 1.29 is 112 Å². The van der Waals surface area contributed by atoms with Crippen LogP contribution < -0.4 is 62.0 Å². The zero-order valence-corrected chi connectivity index (χ0v) is 76.1. The maximum atomic E-state index is 13.5. The van der Waals surface area contributed by atoms with Crippen LogP contribution in [0, 0.1) is 27.7 Å². The number of H-pyrrole nitrogens is 5. The third-order valence-corrected chi connectivity index (χ3v) is 30.3. The molecular weight excluding hydrogens is 1900 g/mol. The van der Waals surface area contributed by atoms with E-state index in [1.165, 1.54) is 76.0 Å². The number of nitrogens with zero attached hydrogens (tertiary/aromatic N) is 11. The number of hydrogen-bond donors (Lipinski definition) is 13. The van der Waals surface area contributed by atoms with E-state index in [-0.39, 0.29) is 70.9 Å². The molecule has 14 heterocycles. The van der Waals surface area contributed by atoms with Gasteiger partial charge < -0.3 is 124 Å². The molecule has 63 heteroatoms. The molecular formula is C62H82N18O33P6S6. The molecule has 0 saturated carbocycles. The van der Waals surface area contributed by atoms with Gasteiger partial charge in [-0.3, -0.25) is 76.3 Å². The minimum absolute atomic E-state index is 0.0440. The van der Waals surface area contributed by atoms with Crippen molar-refractivity contribution in [3.63, 3.8) is 0 Å². The summed E-state index contributed by atoms with van der Waals surface area (Å²) in [5.74, 6) is -0.168. The summed E-state index contributed by atoms with van der Waals surface area (Å²) < 4.78 is 116. The lowest BCUT2D eigenvalue weighted by Crippen LogP contribution is -2.33. The molecule has 0 spiro atoms. The van der Waals surface area contributed by atoms with Gasteiger partial charge in [-0.25, -0.2) is 39.1 Å². The van der Waals surface area contributed by atoms with Gasteiger partial charge >= 0.3 is 63.1 Å². The van der Waals surface area contributed by atoms with E-state index in [2.05, 4.69) is 49.8 Å². The van der Waals surface area contributed by atoms with E-state index in [0.717, 1.165) is 25.4 Å². The molecule has 6 fully saturated rings. The smallest absolute Gasteiger partial charge is 0.330 e. The van der Waals surface area contributed by atoms with Crippen molar-refractivity contribution >= 4 is 145 Å². The lowest BCUT2D eigenvalue weighted by Gasteiger charge is -2.28. The molecule has 6 aliphatic heterocycles. The highest BCUT2D eigenvalue weighted by atomic mass is 32.5. The van der Waals surface area contributed by atoms with Gasteiger partial charge in [0.1, 0.15) is 79.7 Å². The Bertz CT molecular complexity index is 6330. The Hall–Kier alpha value is -5.84. The van der Waals surface area contributed by atoms with E-state index >= 15 is 0 Å². The lowest BCUT2D eigenvalue weighted by molar-refractivity contribution is -0.0573. The standard InChI is InChI=1S/C62H82N18O33P6S6/c1-7-30-31(8-46(102-30)79-24-67-48-50(63)65-23-66-51(48)79)109-115(91,121)97-19-38-33(10-43(104-38)76-15-27(3)54(82)72-60(76)87)110-116(92,122)99-20-39-34(11-44(105-39)77-16-28(4)55(83)73-61(77)88)111-117(93,123)100-21-40-35(12-45(106-40)78-17-29(5)56(84)74-62(78)89)112-118(94,124)101-22-41-36(13-47(107-41)80-25-68-49-52(80)69-58(64)70-57(49)85)113-119(95,125)98-18-37-32(108-114(90,120)96-6)9-42(103-37)75-14-26(2)53(81)71-59(75)86/h14-17,23-25,30-47H,7-13,18-22H2,1-6H3,(H,90,120)(H,91,121)(H,92,122)(H,93,123)(H,94,124)(H,95,125)(H2,63,65,66)(H,71,81,86)(H,72,82,87)(H,73,83,88)(H,74,84,89)(H3,64,69,70,85)/t30-,31?,32?,33?,34?,35?,36?,37-,38-,39-,40-,41-,42-,43-,44-,45-,46-,47-,114?,115?,116?,117?,118?,119?/m1/s1. The summed E-state index contributed by atoms with van der Waals surface area (Å²) in [4.78, 5) is 219. The van der Waals surface area contributed by atoms with Crippen molar-refractivity contribution in [2.45, 2.75) is 190 Å². The summed E-state index contributed by atoms with van der Waals surface area (Å²) in [6.07, 6.45) is -15.0. The van der Waals surface area contributed by atoms with Gasteiger partial charge in [0, 0.05) is 92.7 Å². The second kappa shape index (κ2) is 38.2. The maximum Gasteiger partial charge on any atom is 0.330 e. The van der Waals surface area contributed by atoms with Crippen LogP contribution >= 0.6 is 40.3 Å². The molecule has 125 heavy (non-hydrogen) atoms. The van der Waals surface area contributed by atoms with E-state index in [9.17, 15) is 72.5 Å². The van der Waals surface area contributed by atoms with Crippen molar-refractivity contribution in [3.8, 4) is 0 Å². The van der Waals surface area contributed by atoms with E-state index < -0.39 is 247 Å². The summed E-state index contributed by atoms with van der Waals surface area (Å²) in [7, 11) is 1.10. The van der Waals surface area contributed by atoms with Gasteiger partial charge in [-0.15, -0.1) is 0 Å². The van der Waals surface area contributed by atoms with E-state index in [0.29, 0.717) is 17.6 Å². The Balaban J connectivity index is 0.670. The topological polar surface area (TPSA) is 666 Å². The molecule has 6 aliphatic rings. The van der Waals surface area contributed by atoms with Crippen molar-refractivity contribution in [1.29, 1.82) is 0 Å². The maximum absolute atomic E-state index is 13.5. The number of anilines is 2. The van der Waals surface area contributed by atoms with Crippen LogP contribution in [0.15, 0.2) is 86.9 Å². The molecule has 0 amide bonds. The third-order valence-electron chi connectivity index (χ3n) is 20.6. The Labute approximate surface area is 731 Å². The van der Waals surface area contributed by atoms with Crippen molar-refractivity contribution in [3.05, 3.63) is 160 Å². The number of nitrogens with two attached hydrogens (primary N) is 2. The third kappa shape index (κ3) is 22.3. The minimum atomic E-state index is -4.74. The molecule has 6 saturated heterocycles. The number of aryl methyl sites for hydroxylation is 4.